The number of unbranched alkanes of at least 4 members (excludes halogenated alkanes) is 1. The molecule has 0 spiro atoms. The van der Waals surface area contributed by atoms with Gasteiger partial charge in [-0.05, 0) is 23.7 Å². The highest BCUT2D eigenvalue weighted by Crippen LogP contribution is 2.08. The molecule has 58 valence electrons. The standard InChI is InChI=1S/C7H12INO/c8-5-2-1-3-7-4-6-10-9-7/h1-6H2. The first-order chi connectivity index (χ1) is 4.93. The van der Waals surface area contributed by atoms with E-state index < -0.39 is 0 Å². The summed E-state index contributed by atoms with van der Waals surface area (Å²) in [4.78, 5) is 4.87. The average Bonchev–Trinajstić information content (AvgIpc) is 2.41. The zero-order valence-corrected chi connectivity index (χ0v) is 8.13. The van der Waals surface area contributed by atoms with E-state index in [0.717, 1.165) is 19.4 Å². The van der Waals surface area contributed by atoms with Crippen LogP contribution < -0.4 is 0 Å². The molecule has 0 aromatic carbocycles. The third kappa shape index (κ3) is 2.86. The smallest absolute Gasteiger partial charge is 0.122 e. The van der Waals surface area contributed by atoms with Gasteiger partial charge in [0.05, 0.1) is 5.71 Å². The summed E-state index contributed by atoms with van der Waals surface area (Å²) in [6, 6.07) is 0. The van der Waals surface area contributed by atoms with Crippen molar-refractivity contribution >= 4 is 28.3 Å². The number of hydrogen-bond acceptors (Lipinski definition) is 2. The Balaban J connectivity index is 2.01. The van der Waals surface area contributed by atoms with Crippen molar-refractivity contribution in [2.45, 2.75) is 25.7 Å². The minimum absolute atomic E-state index is 0.805. The first kappa shape index (κ1) is 8.30. The molecule has 1 rings (SSSR count). The van der Waals surface area contributed by atoms with Crippen LogP contribution in [0.2, 0.25) is 0 Å². The molecule has 0 aliphatic carbocycles. The van der Waals surface area contributed by atoms with Gasteiger partial charge in [-0.1, -0.05) is 27.7 Å². The van der Waals surface area contributed by atoms with Crippen LogP contribution in [-0.2, 0) is 4.84 Å². The first-order valence-corrected chi connectivity index (χ1v) is 5.19. The summed E-state index contributed by atoms with van der Waals surface area (Å²) in [5.41, 5.74) is 1.25. The number of oxime groups is 1. The van der Waals surface area contributed by atoms with Crippen molar-refractivity contribution in [3.8, 4) is 0 Å². The monoisotopic (exact) mass is 253 g/mol. The maximum Gasteiger partial charge on any atom is 0.122 e. The molecule has 0 amide bonds. The fraction of sp³-hybridized carbons (Fsp3) is 0.857. The lowest BCUT2D eigenvalue weighted by Gasteiger charge is -1.94. The Morgan fingerprint density at radius 1 is 1.50 bits per heavy atom. The zero-order valence-electron chi connectivity index (χ0n) is 5.98. The number of hydrogen-bond donors (Lipinski definition) is 0. The van der Waals surface area contributed by atoms with Crippen LogP contribution in [0.3, 0.4) is 0 Å². The van der Waals surface area contributed by atoms with Crippen LogP contribution in [0, 0.1) is 0 Å². The van der Waals surface area contributed by atoms with Crippen LogP contribution in [0.4, 0.5) is 0 Å². The van der Waals surface area contributed by atoms with Gasteiger partial charge in [0.15, 0.2) is 0 Å². The molecule has 10 heavy (non-hydrogen) atoms. The fourth-order valence-electron chi connectivity index (χ4n) is 0.940. The molecule has 2 nitrogen and oxygen atoms in total. The van der Waals surface area contributed by atoms with Crippen molar-refractivity contribution < 1.29 is 4.84 Å². The quantitative estimate of drug-likeness (QED) is 0.428. The van der Waals surface area contributed by atoms with E-state index in [-0.39, 0.29) is 0 Å². The molecule has 3 heteroatoms. The molecule has 0 saturated heterocycles. The van der Waals surface area contributed by atoms with Gasteiger partial charge in [-0.25, -0.2) is 0 Å². The van der Waals surface area contributed by atoms with Crippen LogP contribution in [-0.4, -0.2) is 16.7 Å². The summed E-state index contributed by atoms with van der Waals surface area (Å²) in [5, 5.41) is 3.92. The van der Waals surface area contributed by atoms with Gasteiger partial charge >= 0.3 is 0 Å². The maximum atomic E-state index is 4.87. The summed E-state index contributed by atoms with van der Waals surface area (Å²) < 4.78 is 1.26. The molecule has 0 atom stereocenters. The second-order valence-electron chi connectivity index (χ2n) is 2.39. The second-order valence-corrected chi connectivity index (χ2v) is 3.47. The molecule has 0 saturated carbocycles. The fourth-order valence-corrected chi connectivity index (χ4v) is 1.48. The van der Waals surface area contributed by atoms with Gasteiger partial charge in [0, 0.05) is 6.42 Å². The van der Waals surface area contributed by atoms with E-state index in [0.29, 0.717) is 0 Å². The maximum absolute atomic E-state index is 4.87. The van der Waals surface area contributed by atoms with Crippen molar-refractivity contribution in [3.63, 3.8) is 0 Å². The van der Waals surface area contributed by atoms with Gasteiger partial charge in [-0.2, -0.15) is 0 Å². The normalized spacial score (nSPS) is 16.7. The van der Waals surface area contributed by atoms with Gasteiger partial charge in [-0.15, -0.1) is 0 Å². The Morgan fingerprint density at radius 3 is 3.00 bits per heavy atom. The molecule has 0 radical (unpaired) electrons. The molecule has 1 aliphatic rings. The lowest BCUT2D eigenvalue weighted by molar-refractivity contribution is 0.173. The van der Waals surface area contributed by atoms with E-state index in [1.54, 1.807) is 0 Å². The van der Waals surface area contributed by atoms with E-state index in [1.165, 1.54) is 23.0 Å². The van der Waals surface area contributed by atoms with Crippen molar-refractivity contribution in [1.82, 2.24) is 0 Å². The summed E-state index contributed by atoms with van der Waals surface area (Å²) >= 11 is 2.40. The van der Waals surface area contributed by atoms with E-state index in [4.69, 9.17) is 4.84 Å². The molecular formula is C7H12INO. The second kappa shape index (κ2) is 4.93. The van der Waals surface area contributed by atoms with Crippen LogP contribution in [0.5, 0.6) is 0 Å². The van der Waals surface area contributed by atoms with Crippen LogP contribution in [0.25, 0.3) is 0 Å². The van der Waals surface area contributed by atoms with Crippen molar-refractivity contribution in [3.05, 3.63) is 0 Å². The van der Waals surface area contributed by atoms with Gasteiger partial charge in [0.25, 0.3) is 0 Å². The van der Waals surface area contributed by atoms with Crippen LogP contribution >= 0.6 is 22.6 Å². The molecular weight excluding hydrogens is 241 g/mol. The Labute approximate surface area is 75.1 Å². The van der Waals surface area contributed by atoms with E-state index >= 15 is 0 Å². The molecule has 0 N–H and O–H groups in total. The Hall–Kier alpha value is 0.200. The molecule has 1 aliphatic heterocycles. The molecule has 1 heterocycles. The Kier molecular flexibility index (Phi) is 4.09. The van der Waals surface area contributed by atoms with Crippen molar-refractivity contribution in [2.75, 3.05) is 11.0 Å². The predicted molar refractivity (Wildman–Crippen MR) is 50.7 cm³/mol. The molecule has 0 fully saturated rings. The summed E-state index contributed by atoms with van der Waals surface area (Å²) in [6.45, 7) is 0.805. The SMILES string of the molecule is ICCCCC1=NOCC1. The number of halogens is 1. The molecule has 0 bridgehead atoms. The number of alkyl halides is 1. The van der Waals surface area contributed by atoms with Crippen LogP contribution in [0.1, 0.15) is 25.7 Å². The van der Waals surface area contributed by atoms with Gasteiger partial charge in [0.2, 0.25) is 0 Å². The minimum Gasteiger partial charge on any atom is -0.395 e. The van der Waals surface area contributed by atoms with E-state index in [9.17, 15) is 0 Å². The van der Waals surface area contributed by atoms with Gasteiger partial charge in [0.1, 0.15) is 6.61 Å². The molecule has 0 unspecified atom stereocenters. The van der Waals surface area contributed by atoms with Gasteiger partial charge in [-0.3, -0.25) is 0 Å². The third-order valence-corrected chi connectivity index (χ3v) is 2.29. The molecule has 0 aromatic heterocycles. The zero-order chi connectivity index (χ0) is 7.23. The van der Waals surface area contributed by atoms with E-state index in [1.807, 2.05) is 0 Å². The largest absolute Gasteiger partial charge is 0.395 e. The molecule has 0 aromatic rings. The van der Waals surface area contributed by atoms with E-state index in [2.05, 4.69) is 27.7 Å². The third-order valence-electron chi connectivity index (χ3n) is 1.52. The van der Waals surface area contributed by atoms with Crippen LogP contribution in [0.15, 0.2) is 5.16 Å². The number of nitrogens with zero attached hydrogens (tertiary/aromatic N) is 1. The highest BCUT2D eigenvalue weighted by molar-refractivity contribution is 14.1. The highest BCUT2D eigenvalue weighted by atomic mass is 127. The predicted octanol–water partition coefficient (Wildman–Crippen LogP) is 2.37. The first-order valence-electron chi connectivity index (χ1n) is 3.67. The lowest BCUT2D eigenvalue weighted by atomic mass is 10.1. The Morgan fingerprint density at radius 2 is 2.40 bits per heavy atom. The van der Waals surface area contributed by atoms with Crippen molar-refractivity contribution in [2.24, 2.45) is 5.16 Å². The summed E-state index contributed by atoms with van der Waals surface area (Å²) in [6.07, 6.45) is 4.77. The highest BCUT2D eigenvalue weighted by Gasteiger charge is 2.06. The topological polar surface area (TPSA) is 21.6 Å². The average molecular weight is 253 g/mol. The number of rotatable bonds is 4. The Bertz CT molecular complexity index is 125. The lowest BCUT2D eigenvalue weighted by Crippen LogP contribution is -1.93. The van der Waals surface area contributed by atoms with Crippen molar-refractivity contribution in [1.29, 1.82) is 0 Å². The summed E-state index contributed by atoms with van der Waals surface area (Å²) in [5.74, 6) is 0. The minimum atomic E-state index is 0.805. The van der Waals surface area contributed by atoms with Gasteiger partial charge < -0.3 is 4.84 Å². The summed E-state index contributed by atoms with van der Waals surface area (Å²) in [7, 11) is 0.